The fourth-order valence-electron chi connectivity index (χ4n) is 3.65. The Morgan fingerprint density at radius 1 is 0.979 bits per heavy atom. The molecule has 2 N–H and O–H groups in total. The van der Waals surface area contributed by atoms with Crippen molar-refractivity contribution in [2.45, 2.75) is 98.4 Å². The molecule has 1 heterocycles. The van der Waals surface area contributed by atoms with Crippen LogP contribution in [0.2, 0.25) is 0 Å². The van der Waals surface area contributed by atoms with Gasteiger partial charge in [-0.25, -0.2) is 19.1 Å². The molecule has 2 aromatic rings. The number of nitrogens with one attached hydrogen (secondary N) is 2. The number of para-hydroxylation sites is 1. The summed E-state index contributed by atoms with van der Waals surface area (Å²) < 4.78 is 69.8. The summed E-state index contributed by atoms with van der Waals surface area (Å²) in [5, 5.41) is 2.42. The molecule has 0 aliphatic rings. The van der Waals surface area contributed by atoms with Gasteiger partial charge in [-0.05, 0) is 67.5 Å². The van der Waals surface area contributed by atoms with Gasteiger partial charge < -0.3 is 23.3 Å². The topological polar surface area (TPSA) is 194 Å². The van der Waals surface area contributed by atoms with Crippen LogP contribution in [0.1, 0.15) is 60.3 Å². The number of benzene rings is 1. The Balaban J connectivity index is 2.36. The Morgan fingerprint density at radius 3 is 2.17 bits per heavy atom. The molecular weight excluding hydrogens is 665 g/mol. The van der Waals surface area contributed by atoms with Gasteiger partial charge in [0.15, 0.2) is 0 Å². The lowest BCUT2D eigenvalue weighted by Crippen LogP contribution is -2.44. The molecule has 1 aromatic heterocycles. The second kappa shape index (κ2) is 19.0. The second-order valence-electron chi connectivity index (χ2n) is 10.8. The maximum atomic E-state index is 16.1. The second-order valence-corrected chi connectivity index (χ2v) is 13.2. The molecule has 264 valence electrons. The number of alkyl halides is 1. The summed E-state index contributed by atoms with van der Waals surface area (Å²) in [6, 6.07) is 5.36. The molecule has 19 heteroatoms. The van der Waals surface area contributed by atoms with Crippen LogP contribution < -0.4 is 20.9 Å². The minimum Gasteiger partial charge on any atom is -0.462 e. The normalized spacial score (nSPS) is 16.3. The minimum atomic E-state index is -3.54. The molecule has 47 heavy (non-hydrogen) atoms. The van der Waals surface area contributed by atoms with Crippen LogP contribution in [0.3, 0.4) is 0 Å². The van der Waals surface area contributed by atoms with Gasteiger partial charge in [0.25, 0.3) is 13.7 Å². The first-order valence-corrected chi connectivity index (χ1v) is 17.3. The van der Waals surface area contributed by atoms with E-state index in [0.29, 0.717) is 4.83 Å². The first kappa shape index (κ1) is 40.0. The highest BCUT2D eigenvalue weighted by Gasteiger charge is 2.37. The van der Waals surface area contributed by atoms with Crippen molar-refractivity contribution in [2.75, 3.05) is 6.61 Å². The first-order valence-electron chi connectivity index (χ1n) is 14.7. The lowest BCUT2D eigenvalue weighted by molar-refractivity contribution is -0.258. The van der Waals surface area contributed by atoms with E-state index in [0.717, 1.165) is 4.57 Å². The lowest BCUT2D eigenvalue weighted by Gasteiger charge is -2.31. The van der Waals surface area contributed by atoms with Crippen molar-refractivity contribution in [3.63, 3.8) is 0 Å². The molecule has 0 saturated heterocycles. The number of esters is 2. The average Bonchev–Trinajstić information content (AvgIpc) is 2.98. The van der Waals surface area contributed by atoms with Gasteiger partial charge in [-0.15, -0.1) is 0 Å². The Bertz CT molecular complexity index is 1490. The number of H-pyrrole nitrogens is 1. The van der Waals surface area contributed by atoms with Crippen LogP contribution >= 0.6 is 16.4 Å². The number of aromatic nitrogens is 2. The smallest absolute Gasteiger partial charge is 0.331 e. The van der Waals surface area contributed by atoms with Crippen LogP contribution in [0.15, 0.2) is 46.1 Å². The third kappa shape index (κ3) is 13.1. The predicted octanol–water partition coefficient (Wildman–Crippen LogP) is 3.42. The number of carbonyl (C=O) groups is 2. The van der Waals surface area contributed by atoms with E-state index in [1.165, 1.54) is 46.0 Å². The highest BCUT2D eigenvalue weighted by Crippen LogP contribution is 2.35. The summed E-state index contributed by atoms with van der Waals surface area (Å²) in [4.78, 5) is 57.1. The van der Waals surface area contributed by atoms with Gasteiger partial charge in [0, 0.05) is 11.8 Å². The van der Waals surface area contributed by atoms with Crippen molar-refractivity contribution in [1.29, 1.82) is 0 Å². The summed E-state index contributed by atoms with van der Waals surface area (Å²) in [6.07, 6.45) is -5.47. The molecule has 0 saturated carbocycles. The average molecular weight is 709 g/mol. The van der Waals surface area contributed by atoms with Crippen molar-refractivity contribution in [3.05, 3.63) is 62.9 Å². The van der Waals surface area contributed by atoms with Gasteiger partial charge in [-0.2, -0.15) is 0 Å². The van der Waals surface area contributed by atoms with Gasteiger partial charge in [0.1, 0.15) is 30.2 Å². The van der Waals surface area contributed by atoms with Crippen molar-refractivity contribution in [2.24, 2.45) is 0 Å². The molecule has 7 atom stereocenters. The van der Waals surface area contributed by atoms with Crippen molar-refractivity contribution in [1.82, 2.24) is 19.5 Å². The van der Waals surface area contributed by atoms with E-state index in [1.54, 1.807) is 45.9 Å². The van der Waals surface area contributed by atoms with Gasteiger partial charge in [-0.1, -0.05) is 23.0 Å². The number of hydroxylamine groups is 1. The molecule has 1 aromatic carbocycles. The molecule has 0 amide bonds. The van der Waals surface area contributed by atoms with E-state index in [4.69, 9.17) is 28.1 Å². The standard InChI is InChI=1S/C28H43FN4O12P2/c1-16(2)41-26(35)19(6)31-46(38)40-15-23(43-21(8)32-14-18(5)25(34)30-28(32)37)24(29)44-33(20(7)27(36)42-17(3)4)47(39)45-22-12-10-9-11-13-22/h9-14,16-17,19-21,23-24,46-47H,15H2,1-8H3,(H,31,38)(H,30,34,37)/t19-,20-,21-,23-,24-/m0/s1. The summed E-state index contributed by atoms with van der Waals surface area (Å²) >= 11 is 0. The molecule has 0 aliphatic carbocycles. The molecular formula is C28H43FN4O12P2. The highest BCUT2D eigenvalue weighted by molar-refractivity contribution is 7.37. The Morgan fingerprint density at radius 2 is 1.57 bits per heavy atom. The Kier molecular flexibility index (Phi) is 16.2. The molecule has 16 nitrogen and oxygen atoms in total. The third-order valence-electron chi connectivity index (χ3n) is 6.01. The van der Waals surface area contributed by atoms with Crippen molar-refractivity contribution in [3.8, 4) is 5.75 Å². The Labute approximate surface area is 272 Å². The summed E-state index contributed by atoms with van der Waals surface area (Å²) in [6.45, 7) is 11.1. The highest BCUT2D eigenvalue weighted by atomic mass is 31.1. The number of ether oxygens (including phenoxy) is 3. The monoisotopic (exact) mass is 708 g/mol. The zero-order chi connectivity index (χ0) is 35.4. The minimum absolute atomic E-state index is 0.136. The SMILES string of the molecule is Cc1cn([C@H](C)O[C@@H](CO[PH](=O)N[C@@H](C)C(=O)OC(C)C)[C@@H](F)ON([C@@H](C)C(=O)OC(C)C)[PH](=O)Oc2ccccc2)c(=O)[nH]c1=O. The van der Waals surface area contributed by atoms with Crippen LogP contribution in [0.4, 0.5) is 4.39 Å². The fourth-order valence-corrected chi connectivity index (χ4v) is 5.56. The van der Waals surface area contributed by atoms with Gasteiger partial charge in [-0.3, -0.25) is 33.1 Å². The lowest BCUT2D eigenvalue weighted by atomic mass is 10.3. The van der Waals surface area contributed by atoms with Crippen LogP contribution in [0.5, 0.6) is 5.75 Å². The van der Waals surface area contributed by atoms with E-state index >= 15 is 4.39 Å². The number of hydrogen-bond acceptors (Lipinski definition) is 12. The molecule has 0 bridgehead atoms. The van der Waals surface area contributed by atoms with Crippen LogP contribution in [0, 0.1) is 6.92 Å². The largest absolute Gasteiger partial charge is 0.462 e. The van der Waals surface area contributed by atoms with Crippen LogP contribution in [-0.4, -0.2) is 69.7 Å². The number of aromatic amines is 1. The van der Waals surface area contributed by atoms with Crippen LogP contribution in [-0.2, 0) is 42.3 Å². The number of nitrogens with zero attached hydrogens (tertiary/aromatic N) is 2. The number of rotatable bonds is 19. The van der Waals surface area contributed by atoms with E-state index in [-0.39, 0.29) is 11.3 Å². The van der Waals surface area contributed by atoms with E-state index < -0.39 is 89.1 Å². The van der Waals surface area contributed by atoms with Gasteiger partial charge in [0.2, 0.25) is 6.36 Å². The summed E-state index contributed by atoms with van der Waals surface area (Å²) in [7, 11) is -6.77. The zero-order valence-electron chi connectivity index (χ0n) is 27.4. The molecule has 0 aliphatic heterocycles. The number of aryl methyl sites for hydroxylation is 1. The third-order valence-corrected chi connectivity index (χ3v) is 8.37. The molecule has 2 unspecified atom stereocenters. The van der Waals surface area contributed by atoms with E-state index in [2.05, 4.69) is 10.1 Å². The predicted molar refractivity (Wildman–Crippen MR) is 169 cm³/mol. The van der Waals surface area contributed by atoms with Gasteiger partial charge >= 0.3 is 25.8 Å². The quantitative estimate of drug-likeness (QED) is 0.122. The van der Waals surface area contributed by atoms with E-state index in [1.807, 2.05) is 0 Å². The van der Waals surface area contributed by atoms with Gasteiger partial charge in [0.05, 0.1) is 18.8 Å². The first-order chi connectivity index (χ1) is 22.0. The van der Waals surface area contributed by atoms with E-state index in [9.17, 15) is 28.3 Å². The molecule has 2 rings (SSSR count). The number of carbonyl (C=O) groups excluding carboxylic acids is 2. The van der Waals surface area contributed by atoms with Crippen LogP contribution in [0.25, 0.3) is 0 Å². The van der Waals surface area contributed by atoms with Crippen molar-refractivity contribution < 1.29 is 51.2 Å². The maximum Gasteiger partial charge on any atom is 0.331 e. The summed E-state index contributed by atoms with van der Waals surface area (Å²) in [5.74, 6) is -1.47. The Hall–Kier alpha value is -3.17. The molecule has 0 spiro atoms. The van der Waals surface area contributed by atoms with Crippen molar-refractivity contribution >= 4 is 28.3 Å². The zero-order valence-corrected chi connectivity index (χ0v) is 29.4. The number of hydrogen-bond donors (Lipinski definition) is 2. The number of halogens is 1. The fraction of sp³-hybridized carbons (Fsp3) is 0.571. The molecule has 0 radical (unpaired) electrons. The summed E-state index contributed by atoms with van der Waals surface area (Å²) in [5.41, 5.74) is -1.36. The molecule has 0 fully saturated rings. The maximum absolute atomic E-state index is 16.1.